The molecule has 0 unspecified atom stereocenters. The molecule has 0 spiro atoms. The number of aromatic nitrogens is 4. The molecule has 0 radical (unpaired) electrons. The predicted molar refractivity (Wildman–Crippen MR) is 203 cm³/mol. The number of para-hydroxylation sites is 3. The van der Waals surface area contributed by atoms with Crippen LogP contribution in [0.3, 0.4) is 0 Å². The second kappa shape index (κ2) is 11.4. The summed E-state index contributed by atoms with van der Waals surface area (Å²) in [4.78, 5) is 15.1. The molecule has 0 bridgehead atoms. The maximum Gasteiger partial charge on any atom is 0.238 e. The van der Waals surface area contributed by atoms with Crippen LogP contribution in [0.4, 0.5) is 0 Å². The zero-order valence-electron chi connectivity index (χ0n) is 35.2. The molecule has 5 heteroatoms. The van der Waals surface area contributed by atoms with Gasteiger partial charge in [-0.2, -0.15) is 9.97 Å². The molecule has 7 aromatic carbocycles. The van der Waals surface area contributed by atoms with Crippen LogP contribution in [0, 0.1) is 0 Å². The van der Waals surface area contributed by atoms with Gasteiger partial charge in [-0.3, -0.25) is 4.57 Å². The first-order valence-electron chi connectivity index (χ1n) is 20.5. The third kappa shape index (κ3) is 4.60. The Balaban J connectivity index is 1.30. The van der Waals surface area contributed by atoms with E-state index in [1.54, 1.807) is 22.8 Å². The Bertz CT molecular complexity index is 3370. The predicted octanol–water partition coefficient (Wildman–Crippen LogP) is 11.5. The van der Waals surface area contributed by atoms with Gasteiger partial charge in [0.05, 0.1) is 28.9 Å². The van der Waals surface area contributed by atoms with Gasteiger partial charge in [0.25, 0.3) is 0 Å². The summed E-state index contributed by atoms with van der Waals surface area (Å²) in [5, 5.41) is 2.26. The van der Waals surface area contributed by atoms with Crippen LogP contribution in [0.25, 0.3) is 94.7 Å². The van der Waals surface area contributed by atoms with Gasteiger partial charge in [-0.25, -0.2) is 4.98 Å². The van der Waals surface area contributed by atoms with Crippen LogP contribution >= 0.6 is 0 Å². The summed E-state index contributed by atoms with van der Waals surface area (Å²) in [6, 6.07) is 32.1. The lowest BCUT2D eigenvalue weighted by molar-refractivity contribution is 0.669. The van der Waals surface area contributed by atoms with Crippen molar-refractivity contribution in [2.24, 2.45) is 0 Å². The first-order valence-corrected chi connectivity index (χ1v) is 16.0. The summed E-state index contributed by atoms with van der Waals surface area (Å²) in [6.07, 6.45) is 0. The van der Waals surface area contributed by atoms with Gasteiger partial charge in [-0.05, 0) is 58.6 Å². The van der Waals surface area contributed by atoms with Gasteiger partial charge in [0, 0.05) is 27.1 Å². The molecule has 5 nitrogen and oxygen atoms in total. The van der Waals surface area contributed by atoms with E-state index in [-0.39, 0.29) is 45.9 Å². The smallest absolute Gasteiger partial charge is 0.238 e. The molecule has 0 aliphatic carbocycles. The first kappa shape index (κ1) is 20.5. The van der Waals surface area contributed by atoms with Crippen molar-refractivity contribution in [3.63, 3.8) is 0 Å². The van der Waals surface area contributed by atoms with E-state index in [0.717, 1.165) is 21.9 Å². The van der Waals surface area contributed by atoms with E-state index in [1.807, 2.05) is 97.1 Å². The highest BCUT2D eigenvalue weighted by Crippen LogP contribution is 2.38. The molecule has 0 fully saturated rings. The van der Waals surface area contributed by atoms with Crippen molar-refractivity contribution in [2.75, 3.05) is 0 Å². The Hall–Kier alpha value is -6.85. The standard InChI is InChI=1S/C45H28N4O/c1-3-13-29(14-4-1)31-17-11-18-33(27-31)43-46-44(37-22-12-21-36-35-20-8-10-24-41(35)50-42(36)37)48-45(47-43)49-39-23-9-7-19-34(39)38-28-32(25-26-40(38)49)30-15-5-2-6-16-30/h1-28H/i2D,5D,6D,7D,9D,15D,16D,19D,23D. The molecule has 234 valence electrons. The number of furan rings is 1. The van der Waals surface area contributed by atoms with Gasteiger partial charge in [0.15, 0.2) is 11.6 Å². The SMILES string of the molecule is [2H]c1c([2H])c([2H])c(-c2ccc3c(c2)c2c([2H])c([2H])c([2H])c([2H])c2n3-c2nc(-c3cccc(-c4ccccc4)c3)nc(-c3cccc4c3oc3ccccc34)n2)c([2H])c1[2H]. The quantitative estimate of drug-likeness (QED) is 0.186. The highest BCUT2D eigenvalue weighted by atomic mass is 16.3. The van der Waals surface area contributed by atoms with Gasteiger partial charge in [-0.15, -0.1) is 0 Å². The first-order chi connectivity index (χ1) is 28.5. The Morgan fingerprint density at radius 1 is 0.460 bits per heavy atom. The van der Waals surface area contributed by atoms with E-state index in [4.69, 9.17) is 30.3 Å². The van der Waals surface area contributed by atoms with E-state index < -0.39 is 42.3 Å². The molecule has 0 N–H and O–H groups in total. The molecule has 0 aliphatic rings. The number of rotatable bonds is 5. The van der Waals surface area contributed by atoms with Gasteiger partial charge in [0.2, 0.25) is 5.95 Å². The third-order valence-electron chi connectivity index (χ3n) is 8.88. The van der Waals surface area contributed by atoms with Gasteiger partial charge >= 0.3 is 0 Å². The second-order valence-corrected chi connectivity index (χ2v) is 11.8. The van der Waals surface area contributed by atoms with E-state index in [1.165, 1.54) is 0 Å². The average Bonchev–Trinajstić information content (AvgIpc) is 3.83. The summed E-state index contributed by atoms with van der Waals surface area (Å²) in [5.74, 6) is 0.609. The average molecular weight is 650 g/mol. The molecule has 0 aliphatic heterocycles. The molecule has 3 heterocycles. The van der Waals surface area contributed by atoms with Crippen LogP contribution in [0.1, 0.15) is 12.3 Å². The zero-order valence-corrected chi connectivity index (χ0v) is 26.2. The number of fused-ring (bicyclic) bond motifs is 6. The fraction of sp³-hybridized carbons (Fsp3) is 0. The minimum Gasteiger partial charge on any atom is -0.455 e. The number of hydrogen-bond acceptors (Lipinski definition) is 4. The lowest BCUT2D eigenvalue weighted by Gasteiger charge is -2.12. The molecule has 0 saturated carbocycles. The van der Waals surface area contributed by atoms with Crippen molar-refractivity contribution in [1.29, 1.82) is 0 Å². The molecule has 10 aromatic rings. The summed E-state index contributed by atoms with van der Waals surface area (Å²) in [6.45, 7) is 0. The van der Waals surface area contributed by atoms with E-state index >= 15 is 0 Å². The Morgan fingerprint density at radius 2 is 1.18 bits per heavy atom. The Morgan fingerprint density at radius 3 is 2.10 bits per heavy atom. The minimum atomic E-state index is -0.523. The lowest BCUT2D eigenvalue weighted by atomic mass is 10.0. The van der Waals surface area contributed by atoms with E-state index in [9.17, 15) is 1.37 Å². The van der Waals surface area contributed by atoms with Crippen molar-refractivity contribution in [2.45, 2.75) is 0 Å². The van der Waals surface area contributed by atoms with Crippen LogP contribution in [0.5, 0.6) is 0 Å². The lowest BCUT2D eigenvalue weighted by Crippen LogP contribution is -2.06. The molecule has 10 rings (SSSR count). The number of benzene rings is 7. The normalized spacial score (nSPS) is 14.1. The third-order valence-corrected chi connectivity index (χ3v) is 8.88. The fourth-order valence-corrected chi connectivity index (χ4v) is 6.58. The van der Waals surface area contributed by atoms with E-state index in [2.05, 4.69) is 0 Å². The van der Waals surface area contributed by atoms with Crippen molar-refractivity contribution in [3.8, 4) is 51.0 Å². The largest absolute Gasteiger partial charge is 0.455 e. The molecular weight excluding hydrogens is 613 g/mol. The zero-order chi connectivity index (χ0) is 40.9. The van der Waals surface area contributed by atoms with Gasteiger partial charge < -0.3 is 4.42 Å². The summed E-state index contributed by atoms with van der Waals surface area (Å²) >= 11 is 0. The van der Waals surface area contributed by atoms with Gasteiger partial charge in [-0.1, -0.05) is 133 Å². The summed E-state index contributed by atoms with van der Waals surface area (Å²) < 4.78 is 85.7. The Kier molecular flexibility index (Phi) is 4.67. The molecule has 0 amide bonds. The fourth-order valence-electron chi connectivity index (χ4n) is 6.58. The minimum absolute atomic E-state index is 0.0402. The maximum absolute atomic E-state index is 9.21. The van der Waals surface area contributed by atoms with Gasteiger partial charge in [0.1, 0.15) is 11.2 Å². The number of hydrogen-bond donors (Lipinski definition) is 0. The molecule has 50 heavy (non-hydrogen) atoms. The van der Waals surface area contributed by atoms with Crippen molar-refractivity contribution >= 4 is 43.7 Å². The highest BCUT2D eigenvalue weighted by molar-refractivity contribution is 6.11. The monoisotopic (exact) mass is 649 g/mol. The molecule has 3 aromatic heterocycles. The van der Waals surface area contributed by atoms with Crippen molar-refractivity contribution in [1.82, 2.24) is 19.5 Å². The van der Waals surface area contributed by atoms with Crippen LogP contribution in [-0.4, -0.2) is 19.5 Å². The van der Waals surface area contributed by atoms with Crippen LogP contribution < -0.4 is 0 Å². The number of nitrogens with zero attached hydrogens (tertiary/aromatic N) is 4. The van der Waals surface area contributed by atoms with Crippen LogP contribution in [0.2, 0.25) is 0 Å². The molecule has 0 saturated heterocycles. The second-order valence-electron chi connectivity index (χ2n) is 11.8. The highest BCUT2D eigenvalue weighted by Gasteiger charge is 2.21. The summed E-state index contributed by atoms with van der Waals surface area (Å²) in [5.41, 5.74) is 5.12. The van der Waals surface area contributed by atoms with Crippen LogP contribution in [0.15, 0.2) is 174 Å². The van der Waals surface area contributed by atoms with Crippen molar-refractivity contribution < 1.29 is 16.8 Å². The summed E-state index contributed by atoms with van der Waals surface area (Å²) in [7, 11) is 0. The molecule has 0 atom stereocenters. The van der Waals surface area contributed by atoms with Crippen LogP contribution in [-0.2, 0) is 0 Å². The van der Waals surface area contributed by atoms with Crippen molar-refractivity contribution in [3.05, 3.63) is 170 Å². The van der Waals surface area contributed by atoms with E-state index in [0.29, 0.717) is 39.0 Å². The molecular formula is C45H28N4O. The Labute approximate surface area is 300 Å². The topological polar surface area (TPSA) is 56.7 Å². The maximum atomic E-state index is 9.21.